The van der Waals surface area contributed by atoms with Crippen LogP contribution in [-0.2, 0) is 11.3 Å². The van der Waals surface area contributed by atoms with Crippen LogP contribution in [0.2, 0.25) is 0 Å². The van der Waals surface area contributed by atoms with E-state index < -0.39 is 0 Å². The average Bonchev–Trinajstić information content (AvgIpc) is 2.61. The number of piperidine rings is 1. The van der Waals surface area contributed by atoms with E-state index in [0.717, 1.165) is 31.5 Å². The summed E-state index contributed by atoms with van der Waals surface area (Å²) < 4.78 is 5.36. The van der Waals surface area contributed by atoms with Crippen LogP contribution in [-0.4, -0.2) is 36.3 Å². The third-order valence-electron chi connectivity index (χ3n) is 4.24. The zero-order valence-corrected chi connectivity index (χ0v) is 13.1. The maximum absolute atomic E-state index is 12.0. The van der Waals surface area contributed by atoms with Gasteiger partial charge in [0.15, 0.2) is 5.75 Å². The van der Waals surface area contributed by atoms with Crippen molar-refractivity contribution in [2.45, 2.75) is 45.3 Å². The molecule has 1 N–H and O–H groups in total. The van der Waals surface area contributed by atoms with Gasteiger partial charge in [0.1, 0.15) is 0 Å². The molecular formula is C17H25NO3. The highest BCUT2D eigenvalue weighted by atomic mass is 16.5. The van der Waals surface area contributed by atoms with E-state index in [1.54, 1.807) is 13.2 Å². The van der Waals surface area contributed by atoms with Crippen LogP contribution in [0.25, 0.3) is 0 Å². The standard InChI is InChI=1S/C17H25NO3/c1-12(2)13-4-5-14(17(20)16(19)10-13)11-18-8-6-15(21-3)7-9-18/h4-5,10,12,15H,6-9,11H2,1-3H3,(H,19,20). The number of hydrogen-bond acceptors (Lipinski definition) is 4. The third kappa shape index (κ3) is 4.05. The lowest BCUT2D eigenvalue weighted by molar-refractivity contribution is 0.0387. The second-order valence-corrected chi connectivity index (χ2v) is 6.08. The highest BCUT2D eigenvalue weighted by Crippen LogP contribution is 2.20. The molecule has 0 radical (unpaired) electrons. The van der Waals surface area contributed by atoms with Gasteiger partial charge in [-0.15, -0.1) is 0 Å². The van der Waals surface area contributed by atoms with E-state index in [9.17, 15) is 9.90 Å². The molecular weight excluding hydrogens is 266 g/mol. The summed E-state index contributed by atoms with van der Waals surface area (Å²) in [4.78, 5) is 14.3. The summed E-state index contributed by atoms with van der Waals surface area (Å²) in [5, 5.41) is 10.1. The van der Waals surface area contributed by atoms with Crippen molar-refractivity contribution < 1.29 is 9.84 Å². The molecule has 4 nitrogen and oxygen atoms in total. The topological polar surface area (TPSA) is 49.8 Å². The van der Waals surface area contributed by atoms with E-state index >= 15 is 0 Å². The van der Waals surface area contributed by atoms with Gasteiger partial charge >= 0.3 is 0 Å². The molecule has 0 aromatic heterocycles. The Morgan fingerprint density at radius 1 is 1.33 bits per heavy atom. The van der Waals surface area contributed by atoms with Gasteiger partial charge in [0.25, 0.3) is 0 Å². The van der Waals surface area contributed by atoms with Crippen molar-refractivity contribution >= 4 is 0 Å². The third-order valence-corrected chi connectivity index (χ3v) is 4.24. The molecule has 1 aromatic carbocycles. The maximum Gasteiger partial charge on any atom is 0.220 e. The molecule has 0 unspecified atom stereocenters. The van der Waals surface area contributed by atoms with Gasteiger partial charge in [0.2, 0.25) is 5.43 Å². The molecule has 1 saturated heterocycles. The Bertz CT molecular complexity index is 534. The fourth-order valence-corrected chi connectivity index (χ4v) is 2.73. The summed E-state index contributed by atoms with van der Waals surface area (Å²) in [6.45, 7) is 6.56. The first-order valence-electron chi connectivity index (χ1n) is 7.62. The van der Waals surface area contributed by atoms with Crippen LogP contribution in [0.1, 0.15) is 43.7 Å². The highest BCUT2D eigenvalue weighted by Gasteiger charge is 2.19. The smallest absolute Gasteiger partial charge is 0.220 e. The largest absolute Gasteiger partial charge is 0.504 e. The Kier molecular flexibility index (Phi) is 5.37. The normalized spacial score (nSPS) is 17.3. The van der Waals surface area contributed by atoms with Crippen molar-refractivity contribution in [1.29, 1.82) is 0 Å². The Morgan fingerprint density at radius 2 is 2.00 bits per heavy atom. The van der Waals surface area contributed by atoms with E-state index in [0.29, 0.717) is 18.2 Å². The van der Waals surface area contributed by atoms with Crippen LogP contribution in [0.5, 0.6) is 5.75 Å². The van der Waals surface area contributed by atoms with E-state index in [4.69, 9.17) is 4.74 Å². The number of aromatic hydroxyl groups is 1. The molecule has 1 fully saturated rings. The van der Waals surface area contributed by atoms with Crippen LogP contribution < -0.4 is 5.43 Å². The Balaban J connectivity index is 2.16. The van der Waals surface area contributed by atoms with Crippen LogP contribution >= 0.6 is 0 Å². The molecule has 1 aliphatic rings. The molecule has 2 rings (SSSR count). The fraction of sp³-hybridized carbons (Fsp3) is 0.588. The second kappa shape index (κ2) is 7.05. The Morgan fingerprint density at radius 3 is 2.57 bits per heavy atom. The number of rotatable bonds is 4. The molecule has 1 aliphatic heterocycles. The van der Waals surface area contributed by atoms with Gasteiger partial charge in [-0.25, -0.2) is 0 Å². The first-order chi connectivity index (χ1) is 10.0. The van der Waals surface area contributed by atoms with Crippen LogP contribution in [0.15, 0.2) is 23.0 Å². The number of nitrogens with zero attached hydrogens (tertiary/aromatic N) is 1. The number of hydrogen-bond donors (Lipinski definition) is 1. The summed E-state index contributed by atoms with van der Waals surface area (Å²) in [7, 11) is 1.75. The van der Waals surface area contributed by atoms with Crippen LogP contribution in [0.3, 0.4) is 0 Å². The Hall–Kier alpha value is -1.39. The van der Waals surface area contributed by atoms with Gasteiger partial charge < -0.3 is 9.84 Å². The lowest BCUT2D eigenvalue weighted by Gasteiger charge is -2.31. The van der Waals surface area contributed by atoms with Crippen molar-refractivity contribution in [3.63, 3.8) is 0 Å². The molecule has 1 heterocycles. The molecule has 0 aliphatic carbocycles. The minimum absolute atomic E-state index is 0.115. The second-order valence-electron chi connectivity index (χ2n) is 6.08. The van der Waals surface area contributed by atoms with E-state index in [1.165, 1.54) is 0 Å². The summed E-state index contributed by atoms with van der Waals surface area (Å²) >= 11 is 0. The molecule has 1 aromatic rings. The fourth-order valence-electron chi connectivity index (χ4n) is 2.73. The summed E-state index contributed by atoms with van der Waals surface area (Å²) in [5.74, 6) is 0.158. The average molecular weight is 291 g/mol. The number of ether oxygens (including phenoxy) is 1. The molecule has 0 amide bonds. The predicted octanol–water partition coefficient (Wildman–Crippen LogP) is 2.49. The SMILES string of the molecule is COC1CCN(Cc2ccc(C(C)C)cc(=O)c2O)CC1. The highest BCUT2D eigenvalue weighted by molar-refractivity contribution is 5.34. The van der Waals surface area contributed by atoms with Crippen LogP contribution in [0.4, 0.5) is 0 Å². The van der Waals surface area contributed by atoms with E-state index in [2.05, 4.69) is 4.90 Å². The molecule has 0 atom stereocenters. The zero-order valence-electron chi connectivity index (χ0n) is 13.1. The van der Waals surface area contributed by atoms with E-state index in [1.807, 2.05) is 26.0 Å². The first-order valence-corrected chi connectivity index (χ1v) is 7.62. The maximum atomic E-state index is 12.0. The summed E-state index contributed by atoms with van der Waals surface area (Å²) in [5.41, 5.74) is 1.38. The molecule has 116 valence electrons. The molecule has 4 heteroatoms. The molecule has 0 bridgehead atoms. The quantitative estimate of drug-likeness (QED) is 0.926. The molecule has 21 heavy (non-hydrogen) atoms. The van der Waals surface area contributed by atoms with Crippen LogP contribution in [0, 0.1) is 0 Å². The van der Waals surface area contributed by atoms with Crippen molar-refractivity contribution in [1.82, 2.24) is 4.90 Å². The van der Waals surface area contributed by atoms with Crippen molar-refractivity contribution in [2.24, 2.45) is 0 Å². The molecule has 0 spiro atoms. The number of methoxy groups -OCH3 is 1. The van der Waals surface area contributed by atoms with Crippen molar-refractivity contribution in [2.75, 3.05) is 20.2 Å². The van der Waals surface area contributed by atoms with Gasteiger partial charge in [-0.2, -0.15) is 0 Å². The van der Waals surface area contributed by atoms with E-state index in [-0.39, 0.29) is 17.1 Å². The lowest BCUT2D eigenvalue weighted by Crippen LogP contribution is -2.36. The van der Waals surface area contributed by atoms with Gasteiger partial charge in [0, 0.05) is 32.3 Å². The van der Waals surface area contributed by atoms with Crippen molar-refractivity contribution in [3.05, 3.63) is 39.5 Å². The monoisotopic (exact) mass is 291 g/mol. The Labute approximate surface area is 126 Å². The lowest BCUT2D eigenvalue weighted by atomic mass is 10.1. The molecule has 0 saturated carbocycles. The van der Waals surface area contributed by atoms with Gasteiger partial charge in [-0.3, -0.25) is 9.69 Å². The predicted molar refractivity (Wildman–Crippen MR) is 83.8 cm³/mol. The summed E-state index contributed by atoms with van der Waals surface area (Å²) in [6, 6.07) is 5.37. The van der Waals surface area contributed by atoms with Gasteiger partial charge in [-0.05, 0) is 30.4 Å². The minimum Gasteiger partial charge on any atom is -0.504 e. The zero-order chi connectivity index (χ0) is 15.4. The summed E-state index contributed by atoms with van der Waals surface area (Å²) in [6.07, 6.45) is 2.33. The first kappa shape index (κ1) is 16.0. The minimum atomic E-state index is -0.287. The van der Waals surface area contributed by atoms with Crippen molar-refractivity contribution in [3.8, 4) is 5.75 Å². The van der Waals surface area contributed by atoms with Gasteiger partial charge in [0.05, 0.1) is 6.10 Å². The van der Waals surface area contributed by atoms with Gasteiger partial charge in [-0.1, -0.05) is 26.0 Å². The number of likely N-dealkylation sites (tertiary alicyclic amines) is 1.